The molecule has 1 N–H and O–H groups in total. The molecule has 0 unspecified atom stereocenters. The molecule has 18 heavy (non-hydrogen) atoms. The molecule has 0 saturated heterocycles. The van der Waals surface area contributed by atoms with E-state index in [1.54, 1.807) is 18.2 Å². The van der Waals surface area contributed by atoms with Crippen molar-refractivity contribution in [2.75, 3.05) is 6.54 Å². The molecule has 1 aliphatic rings. The van der Waals surface area contributed by atoms with Crippen molar-refractivity contribution >= 4 is 29.2 Å². The summed E-state index contributed by atoms with van der Waals surface area (Å²) in [4.78, 5) is 22.1. The smallest absolute Gasteiger partial charge is 0.325 e. The fourth-order valence-electron chi connectivity index (χ4n) is 1.73. The Labute approximate surface area is 109 Å². The van der Waals surface area contributed by atoms with Crippen LogP contribution in [0, 0.1) is 0 Å². The number of nitrogens with zero attached hydrogens (tertiary/aromatic N) is 2. The predicted molar refractivity (Wildman–Crippen MR) is 66.6 cm³/mol. The Kier molecular flexibility index (Phi) is 3.62. The first-order chi connectivity index (χ1) is 8.56. The zero-order valence-corrected chi connectivity index (χ0v) is 10.2. The summed E-state index contributed by atoms with van der Waals surface area (Å²) >= 11 is 5.88. The second-order valence-electron chi connectivity index (χ2n) is 3.90. The Balaban J connectivity index is 2.28. The van der Waals surface area contributed by atoms with Crippen molar-refractivity contribution in [2.45, 2.75) is 12.8 Å². The maximum Gasteiger partial charge on any atom is 0.325 e. The summed E-state index contributed by atoms with van der Waals surface area (Å²) in [6.07, 6.45) is 0.758. The van der Waals surface area contributed by atoms with Crippen molar-refractivity contribution in [1.29, 1.82) is 0 Å². The third-order valence-electron chi connectivity index (χ3n) is 2.55. The van der Waals surface area contributed by atoms with Gasteiger partial charge in [-0.15, -0.1) is 0 Å². The number of benzene rings is 1. The average Bonchev–Trinajstić information content (AvgIpc) is 2.31. The van der Waals surface area contributed by atoms with Crippen LogP contribution in [0.15, 0.2) is 29.4 Å². The molecule has 6 heteroatoms. The van der Waals surface area contributed by atoms with Crippen molar-refractivity contribution in [3.05, 3.63) is 34.9 Å². The van der Waals surface area contributed by atoms with Gasteiger partial charge >= 0.3 is 5.97 Å². The third kappa shape index (κ3) is 2.87. The van der Waals surface area contributed by atoms with Gasteiger partial charge in [0.25, 0.3) is 0 Å². The molecule has 5 nitrogen and oxygen atoms in total. The molecule has 0 bridgehead atoms. The number of hydrazone groups is 1. The molecule has 0 spiro atoms. The lowest BCUT2D eigenvalue weighted by atomic mass is 10.0. The van der Waals surface area contributed by atoms with Crippen LogP contribution in [0.4, 0.5) is 0 Å². The van der Waals surface area contributed by atoms with Gasteiger partial charge in [-0.2, -0.15) is 5.10 Å². The fraction of sp³-hybridized carbons (Fsp3) is 0.250. The number of carbonyl (C=O) groups is 2. The summed E-state index contributed by atoms with van der Waals surface area (Å²) in [5, 5.41) is 14.3. The average molecular weight is 267 g/mol. The van der Waals surface area contributed by atoms with Crippen molar-refractivity contribution in [3.8, 4) is 0 Å². The molecule has 1 aromatic carbocycles. The van der Waals surface area contributed by atoms with Gasteiger partial charge in [0, 0.05) is 17.9 Å². The molecule has 0 aliphatic carbocycles. The number of hydrogen-bond donors (Lipinski definition) is 1. The maximum atomic E-state index is 11.5. The van der Waals surface area contributed by atoms with E-state index in [0.29, 0.717) is 17.2 Å². The maximum absolute atomic E-state index is 11.5. The van der Waals surface area contributed by atoms with Crippen LogP contribution in [0.5, 0.6) is 0 Å². The van der Waals surface area contributed by atoms with Crippen LogP contribution in [0.3, 0.4) is 0 Å². The van der Waals surface area contributed by atoms with E-state index in [4.69, 9.17) is 16.7 Å². The first-order valence-electron chi connectivity index (χ1n) is 5.42. The molecule has 0 saturated carbocycles. The highest BCUT2D eigenvalue weighted by molar-refractivity contribution is 6.31. The lowest BCUT2D eigenvalue weighted by Gasteiger charge is -2.22. The molecule has 0 fully saturated rings. The zero-order chi connectivity index (χ0) is 13.1. The van der Waals surface area contributed by atoms with E-state index in [0.717, 1.165) is 10.6 Å². The van der Waals surface area contributed by atoms with Crippen LogP contribution >= 0.6 is 11.6 Å². The molecular formula is C12H11ClN2O3. The number of rotatable bonds is 3. The van der Waals surface area contributed by atoms with Gasteiger partial charge in [0.1, 0.15) is 6.54 Å². The molecule has 1 amide bonds. The fourth-order valence-corrected chi connectivity index (χ4v) is 1.92. The lowest BCUT2D eigenvalue weighted by Crippen LogP contribution is -2.35. The number of carboxylic acid groups (broad SMARTS) is 1. The van der Waals surface area contributed by atoms with Crippen LogP contribution in [-0.2, 0) is 9.59 Å². The second-order valence-corrected chi connectivity index (χ2v) is 4.34. The first kappa shape index (κ1) is 12.6. The molecule has 2 rings (SSSR count). The number of aliphatic carboxylic acids is 1. The van der Waals surface area contributed by atoms with E-state index in [-0.39, 0.29) is 12.3 Å². The van der Waals surface area contributed by atoms with E-state index in [1.807, 2.05) is 6.07 Å². The summed E-state index contributed by atoms with van der Waals surface area (Å²) in [6.45, 7) is -0.414. The van der Waals surface area contributed by atoms with E-state index < -0.39 is 12.5 Å². The number of carbonyl (C=O) groups excluding carboxylic acids is 1. The molecule has 1 heterocycles. The minimum Gasteiger partial charge on any atom is -0.480 e. The van der Waals surface area contributed by atoms with Crippen LogP contribution in [0.1, 0.15) is 18.4 Å². The van der Waals surface area contributed by atoms with Gasteiger partial charge in [0.15, 0.2) is 0 Å². The van der Waals surface area contributed by atoms with E-state index >= 15 is 0 Å². The highest BCUT2D eigenvalue weighted by atomic mass is 35.5. The summed E-state index contributed by atoms with van der Waals surface area (Å²) < 4.78 is 0. The second kappa shape index (κ2) is 5.18. The number of amides is 1. The van der Waals surface area contributed by atoms with Crippen molar-refractivity contribution in [1.82, 2.24) is 5.01 Å². The van der Waals surface area contributed by atoms with Gasteiger partial charge < -0.3 is 5.11 Å². The normalized spacial score (nSPS) is 15.5. The monoisotopic (exact) mass is 266 g/mol. The topological polar surface area (TPSA) is 70.0 Å². The Morgan fingerprint density at radius 2 is 2.22 bits per heavy atom. The zero-order valence-electron chi connectivity index (χ0n) is 9.47. The van der Waals surface area contributed by atoms with E-state index in [1.165, 1.54) is 0 Å². The first-order valence-corrected chi connectivity index (χ1v) is 5.79. The Morgan fingerprint density at radius 3 is 2.89 bits per heavy atom. The van der Waals surface area contributed by atoms with Crippen molar-refractivity contribution < 1.29 is 14.7 Å². The third-order valence-corrected chi connectivity index (χ3v) is 2.78. The Hall–Kier alpha value is -1.88. The Bertz CT molecular complexity index is 528. The standard InChI is InChI=1S/C12H11ClN2O3/c13-9-3-1-2-8(6-9)10-4-5-11(16)15(14-10)7-12(17)18/h1-3,6H,4-5,7H2,(H,17,18). The van der Waals surface area contributed by atoms with Gasteiger partial charge in [0.05, 0.1) is 5.71 Å². The van der Waals surface area contributed by atoms with E-state index in [9.17, 15) is 9.59 Å². The van der Waals surface area contributed by atoms with E-state index in [2.05, 4.69) is 5.10 Å². The van der Waals surface area contributed by atoms with Crippen molar-refractivity contribution in [3.63, 3.8) is 0 Å². The molecule has 0 radical (unpaired) electrons. The minimum atomic E-state index is -1.08. The number of carboxylic acids is 1. The number of halogens is 1. The summed E-state index contributed by atoms with van der Waals surface area (Å²) in [6, 6.07) is 7.11. The van der Waals surface area contributed by atoms with Crippen LogP contribution in [0.25, 0.3) is 0 Å². The highest BCUT2D eigenvalue weighted by Crippen LogP contribution is 2.18. The largest absolute Gasteiger partial charge is 0.480 e. The van der Waals surface area contributed by atoms with Crippen LogP contribution < -0.4 is 0 Å². The molecule has 0 aromatic heterocycles. The quantitative estimate of drug-likeness (QED) is 0.906. The van der Waals surface area contributed by atoms with Crippen LogP contribution in [-0.4, -0.2) is 34.2 Å². The molecule has 1 aliphatic heterocycles. The number of hydrogen-bond acceptors (Lipinski definition) is 3. The summed E-state index contributed by atoms with van der Waals surface area (Å²) in [5.41, 5.74) is 1.49. The molecule has 0 atom stereocenters. The summed E-state index contributed by atoms with van der Waals surface area (Å²) in [5.74, 6) is -1.36. The Morgan fingerprint density at radius 1 is 1.44 bits per heavy atom. The van der Waals surface area contributed by atoms with Gasteiger partial charge in [0.2, 0.25) is 5.91 Å². The molecule has 94 valence electrons. The van der Waals surface area contributed by atoms with Gasteiger partial charge in [-0.1, -0.05) is 23.7 Å². The van der Waals surface area contributed by atoms with Gasteiger partial charge in [-0.3, -0.25) is 9.59 Å². The molecule has 1 aromatic rings. The SMILES string of the molecule is O=C(O)CN1N=C(c2cccc(Cl)c2)CCC1=O. The van der Waals surface area contributed by atoms with Gasteiger partial charge in [-0.05, 0) is 17.7 Å². The predicted octanol–water partition coefficient (Wildman–Crippen LogP) is 1.75. The summed E-state index contributed by atoms with van der Waals surface area (Å²) in [7, 11) is 0. The minimum absolute atomic E-state index is 0.263. The lowest BCUT2D eigenvalue weighted by molar-refractivity contribution is -0.144. The highest BCUT2D eigenvalue weighted by Gasteiger charge is 2.23. The van der Waals surface area contributed by atoms with Crippen molar-refractivity contribution in [2.24, 2.45) is 5.10 Å². The van der Waals surface area contributed by atoms with Crippen LogP contribution in [0.2, 0.25) is 5.02 Å². The molecular weight excluding hydrogens is 256 g/mol. The van der Waals surface area contributed by atoms with Gasteiger partial charge in [-0.25, -0.2) is 5.01 Å².